The molecule has 1 amide bonds. The maximum absolute atomic E-state index is 12.1. The van der Waals surface area contributed by atoms with Gasteiger partial charge in [0.15, 0.2) is 0 Å². The first-order valence-electron chi connectivity index (χ1n) is 7.35. The SMILES string of the molecule is CC(C)(C)c1csc(CCNC(=O)C2(O)CCSCC2)n1. The zero-order valence-corrected chi connectivity index (χ0v) is 14.6. The van der Waals surface area contributed by atoms with Crippen molar-refractivity contribution >= 4 is 29.0 Å². The summed E-state index contributed by atoms with van der Waals surface area (Å²) in [7, 11) is 0. The minimum absolute atomic E-state index is 0.0624. The minimum atomic E-state index is -1.16. The molecule has 6 heteroatoms. The van der Waals surface area contributed by atoms with Crippen LogP contribution in [0, 0.1) is 0 Å². The molecule has 1 aromatic heterocycles. The molecule has 0 saturated carbocycles. The third-order valence-corrected chi connectivity index (χ3v) is 5.58. The number of carbonyl (C=O) groups is 1. The summed E-state index contributed by atoms with van der Waals surface area (Å²) in [5.41, 5.74) is -0.00536. The second kappa shape index (κ2) is 6.67. The number of aromatic nitrogens is 1. The smallest absolute Gasteiger partial charge is 0.252 e. The summed E-state index contributed by atoms with van der Waals surface area (Å²) in [5, 5.41) is 16.3. The van der Waals surface area contributed by atoms with Gasteiger partial charge in [0.05, 0.1) is 10.7 Å². The largest absolute Gasteiger partial charge is 0.380 e. The van der Waals surface area contributed by atoms with E-state index in [0.29, 0.717) is 19.4 Å². The van der Waals surface area contributed by atoms with Gasteiger partial charge >= 0.3 is 0 Å². The van der Waals surface area contributed by atoms with Gasteiger partial charge in [-0.05, 0) is 24.3 Å². The molecule has 118 valence electrons. The van der Waals surface area contributed by atoms with Gasteiger partial charge in [0, 0.05) is 23.8 Å². The van der Waals surface area contributed by atoms with E-state index >= 15 is 0 Å². The quantitative estimate of drug-likeness (QED) is 0.891. The van der Waals surface area contributed by atoms with Crippen LogP contribution in [-0.2, 0) is 16.6 Å². The Labute approximate surface area is 134 Å². The second-order valence-electron chi connectivity index (χ2n) is 6.53. The average molecular weight is 329 g/mol. The van der Waals surface area contributed by atoms with Crippen molar-refractivity contribution in [3.63, 3.8) is 0 Å². The number of amides is 1. The number of hydrogen-bond acceptors (Lipinski definition) is 5. The van der Waals surface area contributed by atoms with Crippen molar-refractivity contribution in [3.05, 3.63) is 16.1 Å². The number of carbonyl (C=O) groups excluding carboxylic acids is 1. The molecule has 0 radical (unpaired) electrons. The van der Waals surface area contributed by atoms with E-state index in [1.807, 2.05) is 0 Å². The van der Waals surface area contributed by atoms with Crippen LogP contribution in [0.2, 0.25) is 0 Å². The van der Waals surface area contributed by atoms with Crippen LogP contribution in [0.3, 0.4) is 0 Å². The molecular weight excluding hydrogens is 304 g/mol. The third-order valence-electron chi connectivity index (χ3n) is 3.69. The van der Waals surface area contributed by atoms with E-state index in [2.05, 4.69) is 36.5 Å². The normalized spacial score (nSPS) is 18.5. The van der Waals surface area contributed by atoms with Crippen molar-refractivity contribution in [1.82, 2.24) is 10.3 Å². The molecule has 0 aromatic carbocycles. The van der Waals surface area contributed by atoms with E-state index in [9.17, 15) is 9.90 Å². The maximum atomic E-state index is 12.1. The second-order valence-corrected chi connectivity index (χ2v) is 8.69. The molecule has 0 spiro atoms. The number of nitrogens with zero attached hydrogens (tertiary/aromatic N) is 1. The van der Waals surface area contributed by atoms with Crippen LogP contribution in [0.1, 0.15) is 44.3 Å². The van der Waals surface area contributed by atoms with Crippen LogP contribution in [0.5, 0.6) is 0 Å². The Morgan fingerprint density at radius 2 is 2.10 bits per heavy atom. The third kappa shape index (κ3) is 4.44. The predicted molar refractivity (Wildman–Crippen MR) is 89.0 cm³/mol. The molecule has 4 nitrogen and oxygen atoms in total. The van der Waals surface area contributed by atoms with Gasteiger partial charge < -0.3 is 10.4 Å². The topological polar surface area (TPSA) is 62.2 Å². The Morgan fingerprint density at radius 1 is 1.43 bits per heavy atom. The summed E-state index contributed by atoms with van der Waals surface area (Å²) in [4.78, 5) is 16.7. The number of thiazole rings is 1. The molecule has 0 aliphatic carbocycles. The van der Waals surface area contributed by atoms with Crippen molar-refractivity contribution < 1.29 is 9.90 Å². The van der Waals surface area contributed by atoms with Crippen molar-refractivity contribution in [3.8, 4) is 0 Å². The monoisotopic (exact) mass is 328 g/mol. The zero-order chi connectivity index (χ0) is 15.5. The van der Waals surface area contributed by atoms with E-state index in [-0.39, 0.29) is 11.3 Å². The van der Waals surface area contributed by atoms with E-state index in [0.717, 1.165) is 28.6 Å². The molecule has 1 aliphatic rings. The molecule has 0 atom stereocenters. The molecule has 2 N–H and O–H groups in total. The molecule has 0 unspecified atom stereocenters. The van der Waals surface area contributed by atoms with Gasteiger partial charge in [-0.25, -0.2) is 4.98 Å². The van der Waals surface area contributed by atoms with Gasteiger partial charge in [0.1, 0.15) is 5.60 Å². The summed E-state index contributed by atoms with van der Waals surface area (Å²) in [6.07, 6.45) is 1.82. The van der Waals surface area contributed by atoms with Gasteiger partial charge in [0.25, 0.3) is 5.91 Å². The lowest BCUT2D eigenvalue weighted by molar-refractivity contribution is -0.140. The fraction of sp³-hybridized carbons (Fsp3) is 0.733. The number of thioether (sulfide) groups is 1. The molecule has 2 heterocycles. The Bertz CT molecular complexity index is 488. The first-order valence-corrected chi connectivity index (χ1v) is 9.38. The lowest BCUT2D eigenvalue weighted by atomic mass is 9.93. The molecular formula is C15H24N2O2S2. The average Bonchev–Trinajstić information content (AvgIpc) is 2.88. The highest BCUT2D eigenvalue weighted by molar-refractivity contribution is 7.99. The van der Waals surface area contributed by atoms with E-state index in [1.165, 1.54) is 0 Å². The van der Waals surface area contributed by atoms with Crippen LogP contribution in [0.25, 0.3) is 0 Å². The van der Waals surface area contributed by atoms with Gasteiger partial charge in [-0.2, -0.15) is 11.8 Å². The van der Waals surface area contributed by atoms with E-state index < -0.39 is 5.60 Å². The Kier molecular flexibility index (Phi) is 5.33. The molecule has 1 aliphatic heterocycles. The zero-order valence-electron chi connectivity index (χ0n) is 12.9. The lowest BCUT2D eigenvalue weighted by Gasteiger charge is -2.30. The highest BCUT2D eigenvalue weighted by atomic mass is 32.2. The summed E-state index contributed by atoms with van der Waals surface area (Å²) in [6.45, 7) is 6.96. The summed E-state index contributed by atoms with van der Waals surface area (Å²) < 4.78 is 0. The lowest BCUT2D eigenvalue weighted by Crippen LogP contribution is -2.49. The number of rotatable bonds is 4. The van der Waals surface area contributed by atoms with Crippen LogP contribution >= 0.6 is 23.1 Å². The van der Waals surface area contributed by atoms with E-state index in [1.54, 1.807) is 23.1 Å². The highest BCUT2D eigenvalue weighted by Gasteiger charge is 2.37. The van der Waals surface area contributed by atoms with Crippen LogP contribution < -0.4 is 5.32 Å². The van der Waals surface area contributed by atoms with Gasteiger partial charge in [-0.15, -0.1) is 11.3 Å². The fourth-order valence-corrected chi connectivity index (χ4v) is 4.35. The fourth-order valence-electron chi connectivity index (χ4n) is 2.15. The number of hydrogen-bond donors (Lipinski definition) is 2. The van der Waals surface area contributed by atoms with Crippen molar-refractivity contribution in [1.29, 1.82) is 0 Å². The van der Waals surface area contributed by atoms with E-state index in [4.69, 9.17) is 0 Å². The molecule has 2 rings (SSSR count). The molecule has 1 aromatic rings. The standard InChI is InChI=1S/C15H24N2O2S2/c1-14(2,3)11-10-21-12(17-11)4-7-16-13(18)15(19)5-8-20-9-6-15/h10,19H,4-9H2,1-3H3,(H,16,18). The molecule has 0 bridgehead atoms. The minimum Gasteiger partial charge on any atom is -0.380 e. The van der Waals surface area contributed by atoms with Gasteiger partial charge in [-0.3, -0.25) is 4.79 Å². The number of aliphatic hydroxyl groups is 1. The molecule has 21 heavy (non-hydrogen) atoms. The first-order chi connectivity index (χ1) is 9.81. The first kappa shape index (κ1) is 16.8. The number of nitrogens with one attached hydrogen (secondary N) is 1. The highest BCUT2D eigenvalue weighted by Crippen LogP contribution is 2.27. The van der Waals surface area contributed by atoms with Crippen molar-refractivity contribution in [2.75, 3.05) is 18.1 Å². The summed E-state index contributed by atoms with van der Waals surface area (Å²) in [5.74, 6) is 1.48. The van der Waals surface area contributed by atoms with Crippen molar-refractivity contribution in [2.24, 2.45) is 0 Å². The molecule has 1 saturated heterocycles. The Balaban J connectivity index is 1.81. The van der Waals surface area contributed by atoms with Gasteiger partial charge in [-0.1, -0.05) is 20.8 Å². The molecule has 1 fully saturated rings. The maximum Gasteiger partial charge on any atom is 0.252 e. The van der Waals surface area contributed by atoms with Crippen LogP contribution in [-0.4, -0.2) is 39.6 Å². The predicted octanol–water partition coefficient (Wildman–Crippen LogP) is 2.36. The Hall–Kier alpha value is -0.590. The van der Waals surface area contributed by atoms with Crippen LogP contribution in [0.4, 0.5) is 0 Å². The van der Waals surface area contributed by atoms with Crippen LogP contribution in [0.15, 0.2) is 5.38 Å². The van der Waals surface area contributed by atoms with Crippen molar-refractivity contribution in [2.45, 2.75) is 51.0 Å². The Morgan fingerprint density at radius 3 is 2.67 bits per heavy atom. The van der Waals surface area contributed by atoms with Gasteiger partial charge in [0.2, 0.25) is 0 Å². The summed E-state index contributed by atoms with van der Waals surface area (Å²) in [6, 6.07) is 0. The summed E-state index contributed by atoms with van der Waals surface area (Å²) >= 11 is 3.43.